The van der Waals surface area contributed by atoms with Crippen LogP contribution in [0.3, 0.4) is 0 Å². The average Bonchev–Trinajstić information content (AvgIpc) is 3.07. The molecule has 3 N–H and O–H groups in total. The quantitative estimate of drug-likeness (QED) is 0.297. The van der Waals surface area contributed by atoms with Gasteiger partial charge in [-0.2, -0.15) is 0 Å². The van der Waals surface area contributed by atoms with Gasteiger partial charge in [0.2, 0.25) is 10.0 Å². The summed E-state index contributed by atoms with van der Waals surface area (Å²) in [4.78, 5) is 4.29. The predicted molar refractivity (Wildman–Crippen MR) is 71.2 cm³/mol. The van der Waals surface area contributed by atoms with E-state index in [-0.39, 0.29) is 0 Å². The lowest BCUT2D eigenvalue weighted by molar-refractivity contribution is 0.203. The minimum absolute atomic E-state index is 0.306. The fourth-order valence-electron chi connectivity index (χ4n) is 1.24. The average molecular weight is 278 g/mol. The molecule has 106 valence electrons. The van der Waals surface area contributed by atoms with E-state index in [2.05, 4.69) is 20.3 Å². The van der Waals surface area contributed by atoms with Crippen LogP contribution in [0.4, 0.5) is 0 Å². The van der Waals surface area contributed by atoms with Crippen LogP contribution in [-0.2, 0) is 14.8 Å². The number of aliphatic imine (C=N–C) groups is 1. The first-order valence-electron chi connectivity index (χ1n) is 5.99. The molecule has 1 rings (SSSR count). The van der Waals surface area contributed by atoms with Gasteiger partial charge in [-0.15, -0.1) is 0 Å². The highest BCUT2D eigenvalue weighted by atomic mass is 32.2. The van der Waals surface area contributed by atoms with Crippen molar-refractivity contribution in [3.8, 4) is 0 Å². The van der Waals surface area contributed by atoms with Crippen LogP contribution in [0.5, 0.6) is 0 Å². The van der Waals surface area contributed by atoms with Gasteiger partial charge in [0.15, 0.2) is 5.96 Å². The van der Waals surface area contributed by atoms with Gasteiger partial charge in [0.05, 0.1) is 19.4 Å². The van der Waals surface area contributed by atoms with Crippen LogP contribution in [0, 0.1) is 0 Å². The Balaban J connectivity index is 2.27. The van der Waals surface area contributed by atoms with Crippen molar-refractivity contribution in [2.24, 2.45) is 4.99 Å². The second-order valence-electron chi connectivity index (χ2n) is 4.24. The van der Waals surface area contributed by atoms with Gasteiger partial charge in [-0.25, -0.2) is 13.1 Å². The number of nitrogens with zero attached hydrogens (tertiary/aromatic N) is 1. The fourth-order valence-corrected chi connectivity index (χ4v) is 1.71. The summed E-state index contributed by atoms with van der Waals surface area (Å²) in [6.07, 6.45) is 3.45. The molecule has 1 fully saturated rings. The zero-order valence-corrected chi connectivity index (χ0v) is 11.7. The van der Waals surface area contributed by atoms with Gasteiger partial charge in [-0.05, 0) is 12.8 Å². The van der Waals surface area contributed by atoms with Crippen molar-refractivity contribution in [1.29, 1.82) is 0 Å². The maximum Gasteiger partial charge on any atom is 0.208 e. The monoisotopic (exact) mass is 278 g/mol. The number of nitrogens with one attached hydrogen (secondary N) is 3. The summed E-state index contributed by atoms with van der Waals surface area (Å²) in [5, 5.41) is 6.38. The predicted octanol–water partition coefficient (Wildman–Crippen LogP) is -1.12. The standard InChI is InChI=1S/C10H22N4O3S/c1-17-8-7-12-10(14-9-3-4-9)11-5-6-13-18(2,15)16/h9,13H,3-8H2,1-2H3,(H2,11,12,14). The molecule has 18 heavy (non-hydrogen) atoms. The molecule has 1 aliphatic rings. The molecule has 1 saturated carbocycles. The van der Waals surface area contributed by atoms with Crippen molar-refractivity contribution in [1.82, 2.24) is 15.4 Å². The lowest BCUT2D eigenvalue weighted by Gasteiger charge is -2.11. The van der Waals surface area contributed by atoms with Crippen LogP contribution in [-0.4, -0.2) is 60.0 Å². The van der Waals surface area contributed by atoms with E-state index in [1.54, 1.807) is 7.11 Å². The molecule has 0 saturated heterocycles. The molecule has 0 heterocycles. The van der Waals surface area contributed by atoms with Gasteiger partial charge in [0.1, 0.15) is 0 Å². The fraction of sp³-hybridized carbons (Fsp3) is 0.900. The first-order valence-corrected chi connectivity index (χ1v) is 7.89. The number of ether oxygens (including phenoxy) is 1. The Morgan fingerprint density at radius 1 is 1.39 bits per heavy atom. The summed E-state index contributed by atoms with van der Waals surface area (Å²) >= 11 is 0. The van der Waals surface area contributed by atoms with Crippen molar-refractivity contribution < 1.29 is 13.2 Å². The highest BCUT2D eigenvalue weighted by Gasteiger charge is 2.22. The molecule has 8 heteroatoms. The van der Waals surface area contributed by atoms with Gasteiger partial charge in [-0.1, -0.05) is 0 Å². The highest BCUT2D eigenvalue weighted by Crippen LogP contribution is 2.18. The van der Waals surface area contributed by atoms with E-state index >= 15 is 0 Å². The maximum atomic E-state index is 10.9. The van der Waals surface area contributed by atoms with Crippen molar-refractivity contribution in [2.75, 3.05) is 39.6 Å². The molecular formula is C10H22N4O3S. The van der Waals surface area contributed by atoms with E-state index in [0.29, 0.717) is 38.2 Å². The van der Waals surface area contributed by atoms with Gasteiger partial charge < -0.3 is 15.4 Å². The van der Waals surface area contributed by atoms with Gasteiger partial charge in [-0.3, -0.25) is 4.99 Å². The van der Waals surface area contributed by atoms with Crippen LogP contribution in [0.15, 0.2) is 4.99 Å². The van der Waals surface area contributed by atoms with Crippen LogP contribution < -0.4 is 15.4 Å². The summed E-state index contributed by atoms with van der Waals surface area (Å²) in [7, 11) is -1.49. The number of methoxy groups -OCH3 is 1. The minimum Gasteiger partial charge on any atom is -0.383 e. The van der Waals surface area contributed by atoms with Crippen LogP contribution in [0.1, 0.15) is 12.8 Å². The summed E-state index contributed by atoms with van der Waals surface area (Å²) in [6.45, 7) is 1.99. The first-order chi connectivity index (χ1) is 8.51. The number of hydrogen-bond donors (Lipinski definition) is 3. The van der Waals surface area contributed by atoms with Crippen molar-refractivity contribution >= 4 is 16.0 Å². The van der Waals surface area contributed by atoms with E-state index in [0.717, 1.165) is 19.1 Å². The molecule has 0 atom stereocenters. The Morgan fingerprint density at radius 3 is 2.67 bits per heavy atom. The van der Waals surface area contributed by atoms with E-state index in [9.17, 15) is 8.42 Å². The number of guanidine groups is 1. The minimum atomic E-state index is -3.13. The molecule has 0 spiro atoms. The Kier molecular flexibility index (Phi) is 6.37. The van der Waals surface area contributed by atoms with Crippen LogP contribution in [0.2, 0.25) is 0 Å². The first kappa shape index (κ1) is 15.2. The molecule has 0 aromatic carbocycles. The molecule has 0 unspecified atom stereocenters. The molecular weight excluding hydrogens is 256 g/mol. The maximum absolute atomic E-state index is 10.9. The number of rotatable bonds is 8. The zero-order valence-electron chi connectivity index (χ0n) is 10.9. The Bertz CT molecular complexity index is 365. The lowest BCUT2D eigenvalue weighted by Crippen LogP contribution is -2.40. The highest BCUT2D eigenvalue weighted by molar-refractivity contribution is 7.88. The number of hydrogen-bond acceptors (Lipinski definition) is 4. The second kappa shape index (κ2) is 7.55. The van der Waals surface area contributed by atoms with Crippen molar-refractivity contribution in [3.05, 3.63) is 0 Å². The van der Waals surface area contributed by atoms with E-state index in [4.69, 9.17) is 4.74 Å². The van der Waals surface area contributed by atoms with E-state index in [1.807, 2.05) is 0 Å². The topological polar surface area (TPSA) is 91.8 Å². The largest absolute Gasteiger partial charge is 0.383 e. The lowest BCUT2D eigenvalue weighted by atomic mass is 10.6. The van der Waals surface area contributed by atoms with E-state index < -0.39 is 10.0 Å². The molecule has 7 nitrogen and oxygen atoms in total. The van der Waals surface area contributed by atoms with Crippen LogP contribution in [0.25, 0.3) is 0 Å². The third kappa shape index (κ3) is 8.26. The molecule has 0 aliphatic heterocycles. The van der Waals surface area contributed by atoms with Crippen molar-refractivity contribution in [3.63, 3.8) is 0 Å². The molecule has 0 aromatic heterocycles. The molecule has 0 bridgehead atoms. The Hall–Kier alpha value is -0.860. The second-order valence-corrected chi connectivity index (χ2v) is 6.07. The third-order valence-electron chi connectivity index (χ3n) is 2.26. The van der Waals surface area contributed by atoms with Crippen molar-refractivity contribution in [2.45, 2.75) is 18.9 Å². The molecule has 1 aliphatic carbocycles. The molecule has 0 amide bonds. The van der Waals surface area contributed by atoms with Gasteiger partial charge in [0, 0.05) is 26.2 Å². The smallest absolute Gasteiger partial charge is 0.208 e. The summed E-state index contributed by atoms with van der Waals surface area (Å²) in [5.74, 6) is 0.713. The SMILES string of the molecule is COCCNC(=NCCNS(C)(=O)=O)NC1CC1. The molecule has 0 aromatic rings. The summed E-state index contributed by atoms with van der Waals surface area (Å²) in [6, 6.07) is 0.502. The zero-order chi connectivity index (χ0) is 13.4. The summed E-state index contributed by atoms with van der Waals surface area (Å²) < 4.78 is 29.1. The van der Waals surface area contributed by atoms with Crippen LogP contribution >= 0.6 is 0 Å². The van der Waals surface area contributed by atoms with Gasteiger partial charge in [0.25, 0.3) is 0 Å². The summed E-state index contributed by atoms with van der Waals surface area (Å²) in [5.41, 5.74) is 0. The number of sulfonamides is 1. The Labute approximate surface area is 108 Å². The Morgan fingerprint density at radius 2 is 2.11 bits per heavy atom. The third-order valence-corrected chi connectivity index (χ3v) is 2.99. The molecule has 0 radical (unpaired) electrons. The normalized spacial score (nSPS) is 16.7. The van der Waals surface area contributed by atoms with Gasteiger partial charge >= 0.3 is 0 Å². The van der Waals surface area contributed by atoms with E-state index in [1.165, 1.54) is 0 Å².